The lowest BCUT2D eigenvalue weighted by Gasteiger charge is -2.46. The minimum atomic E-state index is 0.545. The minimum Gasteiger partial charge on any atom is -0.330 e. The average Bonchev–Trinajstić information content (AvgIpc) is 2.48. The second-order valence-electron chi connectivity index (χ2n) is 7.81. The van der Waals surface area contributed by atoms with E-state index >= 15 is 0 Å². The van der Waals surface area contributed by atoms with Crippen molar-refractivity contribution >= 4 is 0 Å². The van der Waals surface area contributed by atoms with E-state index in [-0.39, 0.29) is 0 Å². The highest BCUT2D eigenvalue weighted by Crippen LogP contribution is 2.42. The lowest BCUT2D eigenvalue weighted by molar-refractivity contribution is 0.0387. The zero-order chi connectivity index (χ0) is 14.6. The molecule has 2 N–H and O–H groups in total. The molecule has 1 aliphatic carbocycles. The Morgan fingerprint density at radius 3 is 2.35 bits per heavy atom. The van der Waals surface area contributed by atoms with Crippen molar-refractivity contribution in [3.8, 4) is 0 Å². The fraction of sp³-hybridized carbons (Fsp3) is 1.00. The molecule has 0 amide bonds. The third-order valence-corrected chi connectivity index (χ3v) is 6.35. The van der Waals surface area contributed by atoms with Gasteiger partial charge in [0.05, 0.1) is 0 Å². The maximum atomic E-state index is 5.82. The van der Waals surface area contributed by atoms with Crippen LogP contribution in [0.5, 0.6) is 0 Å². The summed E-state index contributed by atoms with van der Waals surface area (Å²) in [6.07, 6.45) is 12.5. The largest absolute Gasteiger partial charge is 0.330 e. The Bertz CT molecular complexity index is 277. The van der Waals surface area contributed by atoms with Gasteiger partial charge in [0.25, 0.3) is 0 Å². The molecule has 2 aliphatic rings. The maximum absolute atomic E-state index is 5.82. The van der Waals surface area contributed by atoms with E-state index in [0.717, 1.165) is 24.5 Å². The van der Waals surface area contributed by atoms with Crippen LogP contribution in [0.15, 0.2) is 0 Å². The van der Waals surface area contributed by atoms with E-state index in [9.17, 15) is 0 Å². The van der Waals surface area contributed by atoms with Crippen LogP contribution in [0.3, 0.4) is 0 Å². The molecule has 1 aliphatic heterocycles. The van der Waals surface area contributed by atoms with Crippen LogP contribution < -0.4 is 5.73 Å². The zero-order valence-electron chi connectivity index (χ0n) is 14.0. The van der Waals surface area contributed by atoms with Gasteiger partial charge < -0.3 is 5.73 Å². The van der Waals surface area contributed by atoms with Gasteiger partial charge in [0.2, 0.25) is 0 Å². The molecule has 118 valence electrons. The highest BCUT2D eigenvalue weighted by Gasteiger charge is 2.35. The van der Waals surface area contributed by atoms with Crippen molar-refractivity contribution in [1.82, 2.24) is 4.90 Å². The molecule has 0 aromatic heterocycles. The molecule has 2 nitrogen and oxygen atoms in total. The normalized spacial score (nSPS) is 33.3. The Balaban J connectivity index is 1.89. The molecule has 2 heteroatoms. The summed E-state index contributed by atoms with van der Waals surface area (Å²) >= 11 is 0. The predicted molar refractivity (Wildman–Crippen MR) is 87.8 cm³/mol. The Morgan fingerprint density at radius 1 is 1.05 bits per heavy atom. The van der Waals surface area contributed by atoms with Crippen molar-refractivity contribution in [2.45, 2.75) is 90.6 Å². The molecule has 1 saturated carbocycles. The van der Waals surface area contributed by atoms with Crippen molar-refractivity contribution < 1.29 is 0 Å². The van der Waals surface area contributed by atoms with Crippen LogP contribution in [0.25, 0.3) is 0 Å². The molecule has 0 aromatic rings. The van der Waals surface area contributed by atoms with Crippen LogP contribution in [0.1, 0.15) is 78.6 Å². The SMILES string of the molecule is CCC(C)(C)C1CCC(N2CCCCC2CCN)CC1. The topological polar surface area (TPSA) is 29.3 Å². The molecule has 1 atom stereocenters. The Kier molecular flexibility index (Phi) is 5.92. The van der Waals surface area contributed by atoms with Crippen LogP contribution in [-0.4, -0.2) is 30.1 Å². The monoisotopic (exact) mass is 280 g/mol. The van der Waals surface area contributed by atoms with Crippen LogP contribution >= 0.6 is 0 Å². The zero-order valence-corrected chi connectivity index (χ0v) is 14.0. The highest BCUT2D eigenvalue weighted by atomic mass is 15.2. The Morgan fingerprint density at radius 2 is 1.75 bits per heavy atom. The Hall–Kier alpha value is -0.0800. The molecular weight excluding hydrogens is 244 g/mol. The fourth-order valence-electron chi connectivity index (χ4n) is 4.48. The van der Waals surface area contributed by atoms with Gasteiger partial charge >= 0.3 is 0 Å². The van der Waals surface area contributed by atoms with E-state index in [1.165, 1.54) is 64.3 Å². The summed E-state index contributed by atoms with van der Waals surface area (Å²) in [6, 6.07) is 1.64. The van der Waals surface area contributed by atoms with E-state index in [4.69, 9.17) is 5.73 Å². The minimum absolute atomic E-state index is 0.545. The van der Waals surface area contributed by atoms with E-state index in [0.29, 0.717) is 5.41 Å². The lowest BCUT2D eigenvalue weighted by atomic mass is 9.68. The van der Waals surface area contributed by atoms with Crippen LogP contribution in [0.4, 0.5) is 0 Å². The molecule has 1 saturated heterocycles. The first kappa shape index (κ1) is 16.3. The van der Waals surface area contributed by atoms with Crippen molar-refractivity contribution in [3.63, 3.8) is 0 Å². The van der Waals surface area contributed by atoms with Gasteiger partial charge in [-0.15, -0.1) is 0 Å². The third kappa shape index (κ3) is 3.76. The summed E-state index contributed by atoms with van der Waals surface area (Å²) in [5, 5.41) is 0. The highest BCUT2D eigenvalue weighted by molar-refractivity contribution is 4.89. The molecule has 1 heterocycles. The first-order valence-electron chi connectivity index (χ1n) is 9.04. The van der Waals surface area contributed by atoms with Gasteiger partial charge in [0, 0.05) is 12.1 Å². The van der Waals surface area contributed by atoms with Crippen LogP contribution in [0.2, 0.25) is 0 Å². The summed E-state index contributed by atoms with van der Waals surface area (Å²) < 4.78 is 0. The van der Waals surface area contributed by atoms with E-state index in [1.807, 2.05) is 0 Å². The van der Waals surface area contributed by atoms with Crippen molar-refractivity contribution in [3.05, 3.63) is 0 Å². The molecule has 1 unspecified atom stereocenters. The van der Waals surface area contributed by atoms with Crippen molar-refractivity contribution in [1.29, 1.82) is 0 Å². The summed E-state index contributed by atoms with van der Waals surface area (Å²) in [4.78, 5) is 2.84. The number of hydrogen-bond acceptors (Lipinski definition) is 2. The van der Waals surface area contributed by atoms with Crippen LogP contribution in [-0.2, 0) is 0 Å². The number of nitrogens with zero attached hydrogens (tertiary/aromatic N) is 1. The molecule has 0 bridgehead atoms. The maximum Gasteiger partial charge on any atom is 0.0110 e. The second kappa shape index (κ2) is 7.26. The summed E-state index contributed by atoms with van der Waals surface area (Å²) in [5.74, 6) is 0.946. The molecule has 0 radical (unpaired) electrons. The quantitative estimate of drug-likeness (QED) is 0.818. The van der Waals surface area contributed by atoms with Gasteiger partial charge in [-0.3, -0.25) is 4.90 Å². The third-order valence-electron chi connectivity index (χ3n) is 6.35. The fourth-order valence-corrected chi connectivity index (χ4v) is 4.48. The average molecular weight is 280 g/mol. The van der Waals surface area contributed by atoms with Crippen LogP contribution in [0, 0.1) is 11.3 Å². The first-order chi connectivity index (χ1) is 9.58. The van der Waals surface area contributed by atoms with Gasteiger partial charge in [-0.2, -0.15) is 0 Å². The van der Waals surface area contributed by atoms with Crippen molar-refractivity contribution in [2.24, 2.45) is 17.1 Å². The summed E-state index contributed by atoms with van der Waals surface area (Å²) in [7, 11) is 0. The number of likely N-dealkylation sites (tertiary alicyclic amines) is 1. The second-order valence-corrected chi connectivity index (χ2v) is 7.81. The van der Waals surface area contributed by atoms with Gasteiger partial charge in [-0.1, -0.05) is 33.6 Å². The number of hydrogen-bond donors (Lipinski definition) is 1. The van der Waals surface area contributed by atoms with Gasteiger partial charge in [0.15, 0.2) is 0 Å². The first-order valence-corrected chi connectivity index (χ1v) is 9.04. The molecule has 2 rings (SSSR count). The standard InChI is InChI=1S/C18H36N2/c1-4-18(2,3)15-8-10-17(11-9-15)20-14-6-5-7-16(20)12-13-19/h15-17H,4-14,19H2,1-3H3. The summed E-state index contributed by atoms with van der Waals surface area (Å²) in [6.45, 7) is 9.48. The number of piperidine rings is 1. The number of rotatable bonds is 5. The number of nitrogens with two attached hydrogens (primary N) is 1. The molecule has 0 aromatic carbocycles. The van der Waals surface area contributed by atoms with Gasteiger partial charge in [-0.05, 0) is 69.4 Å². The summed E-state index contributed by atoms with van der Waals surface area (Å²) in [5.41, 5.74) is 6.37. The molecule has 0 spiro atoms. The lowest BCUT2D eigenvalue weighted by Crippen LogP contribution is -2.49. The smallest absolute Gasteiger partial charge is 0.0110 e. The molecule has 20 heavy (non-hydrogen) atoms. The van der Waals surface area contributed by atoms with Gasteiger partial charge in [-0.25, -0.2) is 0 Å². The van der Waals surface area contributed by atoms with E-state index in [1.54, 1.807) is 0 Å². The predicted octanol–water partition coefficient (Wildman–Crippen LogP) is 4.18. The van der Waals surface area contributed by atoms with Crippen molar-refractivity contribution in [2.75, 3.05) is 13.1 Å². The molecular formula is C18H36N2. The van der Waals surface area contributed by atoms with E-state index < -0.39 is 0 Å². The Labute approximate surface area is 126 Å². The van der Waals surface area contributed by atoms with E-state index in [2.05, 4.69) is 25.7 Å². The molecule has 2 fully saturated rings. The van der Waals surface area contributed by atoms with Gasteiger partial charge in [0.1, 0.15) is 0 Å².